The molecule has 6 heteroatoms. The second kappa shape index (κ2) is 6.58. The first-order chi connectivity index (χ1) is 8.58. The van der Waals surface area contributed by atoms with Crippen molar-refractivity contribution in [3.8, 4) is 0 Å². The van der Waals surface area contributed by atoms with E-state index in [0.29, 0.717) is 12.1 Å². The predicted octanol–water partition coefficient (Wildman–Crippen LogP) is 1.11. The minimum absolute atomic E-state index is 0.253. The summed E-state index contributed by atoms with van der Waals surface area (Å²) in [6.45, 7) is 1.92. The zero-order chi connectivity index (χ0) is 13.5. The lowest BCUT2D eigenvalue weighted by molar-refractivity contribution is -0.138. The van der Waals surface area contributed by atoms with E-state index in [1.54, 1.807) is 6.07 Å². The number of nitrogens with zero attached hydrogens (tertiary/aromatic N) is 1. The Morgan fingerprint density at radius 3 is 2.78 bits per heavy atom. The highest BCUT2D eigenvalue weighted by Crippen LogP contribution is 2.12. The first-order valence-corrected chi connectivity index (χ1v) is 5.76. The molecule has 0 aromatic carbocycles. The van der Waals surface area contributed by atoms with Gasteiger partial charge in [0.2, 0.25) is 0 Å². The zero-order valence-corrected chi connectivity index (χ0v) is 10.4. The van der Waals surface area contributed by atoms with Crippen molar-refractivity contribution < 1.29 is 14.7 Å². The van der Waals surface area contributed by atoms with Crippen LogP contribution in [0.5, 0.6) is 0 Å². The summed E-state index contributed by atoms with van der Waals surface area (Å²) < 4.78 is 0. The molecule has 1 atom stereocenters. The van der Waals surface area contributed by atoms with Crippen molar-refractivity contribution in [1.82, 2.24) is 10.3 Å². The first-order valence-electron chi connectivity index (χ1n) is 5.76. The van der Waals surface area contributed by atoms with E-state index >= 15 is 0 Å². The standard InChI is InChI=1S/C12H17N3O3/c1-3-4-9(12(17)18)15-8-5-6-14-10(7-8)11(16)13-2/h5-7,9H,3-4H2,1-2H3,(H,13,16)(H,14,15)(H,17,18). The molecule has 18 heavy (non-hydrogen) atoms. The minimum Gasteiger partial charge on any atom is -0.480 e. The van der Waals surface area contributed by atoms with E-state index in [9.17, 15) is 9.59 Å². The third-order valence-electron chi connectivity index (χ3n) is 2.44. The normalized spacial score (nSPS) is 11.7. The van der Waals surface area contributed by atoms with Crippen molar-refractivity contribution in [3.05, 3.63) is 24.0 Å². The monoisotopic (exact) mass is 251 g/mol. The molecule has 1 aromatic rings. The summed E-state index contributed by atoms with van der Waals surface area (Å²) >= 11 is 0. The van der Waals surface area contributed by atoms with Crippen LogP contribution in [0.4, 0.5) is 5.69 Å². The molecule has 1 heterocycles. The Morgan fingerprint density at radius 1 is 1.50 bits per heavy atom. The second-order valence-electron chi connectivity index (χ2n) is 3.83. The number of hydrogen-bond donors (Lipinski definition) is 3. The van der Waals surface area contributed by atoms with Gasteiger partial charge in [-0.25, -0.2) is 4.79 Å². The van der Waals surface area contributed by atoms with Crippen LogP contribution in [0.3, 0.4) is 0 Å². The largest absolute Gasteiger partial charge is 0.480 e. The smallest absolute Gasteiger partial charge is 0.326 e. The van der Waals surface area contributed by atoms with Crippen LogP contribution in [0.1, 0.15) is 30.3 Å². The van der Waals surface area contributed by atoms with Crippen LogP contribution in [-0.4, -0.2) is 35.1 Å². The molecule has 0 spiro atoms. The number of hydrogen-bond acceptors (Lipinski definition) is 4. The highest BCUT2D eigenvalue weighted by Gasteiger charge is 2.16. The summed E-state index contributed by atoms with van der Waals surface area (Å²) in [6, 6.07) is 2.51. The molecule has 0 aliphatic carbocycles. The van der Waals surface area contributed by atoms with Crippen molar-refractivity contribution in [3.63, 3.8) is 0 Å². The third-order valence-corrected chi connectivity index (χ3v) is 2.44. The summed E-state index contributed by atoms with van der Waals surface area (Å²) in [7, 11) is 1.52. The molecule has 1 amide bonds. The summed E-state index contributed by atoms with van der Waals surface area (Å²) in [5.74, 6) is -1.21. The van der Waals surface area contributed by atoms with Crippen molar-refractivity contribution >= 4 is 17.6 Å². The molecule has 0 saturated heterocycles. The lowest BCUT2D eigenvalue weighted by Gasteiger charge is -2.15. The third kappa shape index (κ3) is 3.73. The lowest BCUT2D eigenvalue weighted by Crippen LogP contribution is -2.29. The van der Waals surface area contributed by atoms with E-state index in [1.165, 1.54) is 19.3 Å². The Labute approximate surface area is 105 Å². The molecule has 0 radical (unpaired) electrons. The van der Waals surface area contributed by atoms with Gasteiger partial charge in [-0.3, -0.25) is 9.78 Å². The van der Waals surface area contributed by atoms with E-state index in [0.717, 1.165) is 6.42 Å². The fraction of sp³-hybridized carbons (Fsp3) is 0.417. The predicted molar refractivity (Wildman–Crippen MR) is 67.6 cm³/mol. The van der Waals surface area contributed by atoms with Gasteiger partial charge in [0, 0.05) is 18.9 Å². The SMILES string of the molecule is CCCC(Nc1ccnc(C(=O)NC)c1)C(=O)O. The van der Waals surface area contributed by atoms with Crippen LogP contribution in [0, 0.1) is 0 Å². The minimum atomic E-state index is -0.907. The van der Waals surface area contributed by atoms with E-state index in [2.05, 4.69) is 15.6 Å². The van der Waals surface area contributed by atoms with Gasteiger partial charge >= 0.3 is 5.97 Å². The van der Waals surface area contributed by atoms with Crippen molar-refractivity contribution in [2.45, 2.75) is 25.8 Å². The molecule has 1 rings (SSSR count). The number of aliphatic carboxylic acids is 1. The number of rotatable bonds is 6. The molecule has 6 nitrogen and oxygen atoms in total. The van der Waals surface area contributed by atoms with Crippen molar-refractivity contribution in [1.29, 1.82) is 0 Å². The Bertz CT molecular complexity index is 434. The summed E-state index contributed by atoms with van der Waals surface area (Å²) in [6.07, 6.45) is 2.75. The number of carboxylic acid groups (broad SMARTS) is 1. The summed E-state index contributed by atoms with van der Waals surface area (Å²) in [5.41, 5.74) is 0.826. The fourth-order valence-electron chi connectivity index (χ4n) is 1.52. The van der Waals surface area contributed by atoms with E-state index in [-0.39, 0.29) is 11.6 Å². The lowest BCUT2D eigenvalue weighted by atomic mass is 10.1. The Morgan fingerprint density at radius 2 is 2.22 bits per heavy atom. The van der Waals surface area contributed by atoms with Gasteiger partial charge in [-0.05, 0) is 18.6 Å². The Hall–Kier alpha value is -2.11. The van der Waals surface area contributed by atoms with Crippen molar-refractivity contribution in [2.75, 3.05) is 12.4 Å². The van der Waals surface area contributed by atoms with E-state index < -0.39 is 12.0 Å². The number of nitrogens with one attached hydrogen (secondary N) is 2. The molecule has 0 bridgehead atoms. The Balaban J connectivity index is 2.83. The molecular weight excluding hydrogens is 234 g/mol. The maximum absolute atomic E-state index is 11.4. The highest BCUT2D eigenvalue weighted by atomic mass is 16.4. The summed E-state index contributed by atoms with van der Waals surface area (Å²) in [5, 5.41) is 14.4. The molecule has 1 unspecified atom stereocenters. The van der Waals surface area contributed by atoms with Crippen LogP contribution >= 0.6 is 0 Å². The van der Waals surface area contributed by atoms with Gasteiger partial charge in [-0.2, -0.15) is 0 Å². The van der Waals surface area contributed by atoms with Gasteiger partial charge in [0.05, 0.1) is 0 Å². The molecule has 0 aliphatic heterocycles. The Kier molecular flexibility index (Phi) is 5.10. The number of pyridine rings is 1. The molecule has 98 valence electrons. The number of carbonyl (C=O) groups is 2. The average molecular weight is 251 g/mol. The van der Waals surface area contributed by atoms with Crippen LogP contribution in [0.15, 0.2) is 18.3 Å². The number of aromatic nitrogens is 1. The molecule has 0 fully saturated rings. The molecule has 1 aromatic heterocycles. The molecule has 0 aliphatic rings. The molecule has 0 saturated carbocycles. The highest BCUT2D eigenvalue weighted by molar-refractivity contribution is 5.93. The number of anilines is 1. The number of carbonyl (C=O) groups excluding carboxylic acids is 1. The van der Waals surface area contributed by atoms with Crippen LogP contribution in [0.25, 0.3) is 0 Å². The zero-order valence-electron chi connectivity index (χ0n) is 10.4. The number of amides is 1. The van der Waals surface area contributed by atoms with Gasteiger partial charge in [0.1, 0.15) is 11.7 Å². The van der Waals surface area contributed by atoms with Gasteiger partial charge in [0.25, 0.3) is 5.91 Å². The molecule has 3 N–H and O–H groups in total. The summed E-state index contributed by atoms with van der Waals surface area (Å²) in [4.78, 5) is 26.3. The molecular formula is C12H17N3O3. The first kappa shape index (κ1) is 14.0. The maximum Gasteiger partial charge on any atom is 0.326 e. The number of carboxylic acids is 1. The topological polar surface area (TPSA) is 91.3 Å². The van der Waals surface area contributed by atoms with Crippen molar-refractivity contribution in [2.24, 2.45) is 0 Å². The quantitative estimate of drug-likeness (QED) is 0.704. The van der Waals surface area contributed by atoms with Crippen LogP contribution < -0.4 is 10.6 Å². The average Bonchev–Trinajstić information content (AvgIpc) is 2.37. The van der Waals surface area contributed by atoms with Crippen LogP contribution in [-0.2, 0) is 4.79 Å². The van der Waals surface area contributed by atoms with E-state index in [1.807, 2.05) is 6.92 Å². The van der Waals surface area contributed by atoms with Gasteiger partial charge in [0.15, 0.2) is 0 Å². The maximum atomic E-state index is 11.4. The van der Waals surface area contributed by atoms with E-state index in [4.69, 9.17) is 5.11 Å². The van der Waals surface area contributed by atoms with Crippen LogP contribution in [0.2, 0.25) is 0 Å². The fourth-order valence-corrected chi connectivity index (χ4v) is 1.52. The van der Waals surface area contributed by atoms with Gasteiger partial charge in [-0.15, -0.1) is 0 Å². The van der Waals surface area contributed by atoms with Gasteiger partial charge in [-0.1, -0.05) is 13.3 Å². The second-order valence-corrected chi connectivity index (χ2v) is 3.83. The van der Waals surface area contributed by atoms with Gasteiger partial charge < -0.3 is 15.7 Å².